The Balaban J connectivity index is 0.00000176. The fraction of sp³-hybridized carbons (Fsp3) is 0.333. The molecule has 7 heteroatoms. The standard InChI is InChI=1S/C15H18N4OS.ClH/c1-2-7-19(10-11-4-3-8-21-11)15(20)14-12-9-16-6-5-13(12)17-18-14;/h2-4,8,16H,1,5-7,9-10H2,(H,17,18);1H. The van der Waals surface area contributed by atoms with Crippen molar-refractivity contribution in [3.63, 3.8) is 0 Å². The van der Waals surface area contributed by atoms with Crippen LogP contribution in [-0.2, 0) is 19.5 Å². The van der Waals surface area contributed by atoms with E-state index in [1.54, 1.807) is 22.3 Å². The lowest BCUT2D eigenvalue weighted by molar-refractivity contribution is 0.0757. The van der Waals surface area contributed by atoms with Crippen LogP contribution in [0.25, 0.3) is 0 Å². The molecule has 118 valence electrons. The number of nitrogens with zero attached hydrogens (tertiary/aromatic N) is 2. The van der Waals surface area contributed by atoms with Crippen LogP contribution in [0.1, 0.15) is 26.6 Å². The normalized spacial score (nSPS) is 13.1. The van der Waals surface area contributed by atoms with E-state index in [1.165, 1.54) is 0 Å². The maximum Gasteiger partial charge on any atom is 0.275 e. The number of hydrogen-bond acceptors (Lipinski definition) is 4. The van der Waals surface area contributed by atoms with E-state index < -0.39 is 0 Å². The lowest BCUT2D eigenvalue weighted by Crippen LogP contribution is -2.32. The van der Waals surface area contributed by atoms with Crippen molar-refractivity contribution in [2.24, 2.45) is 0 Å². The third-order valence-electron chi connectivity index (χ3n) is 3.57. The van der Waals surface area contributed by atoms with Crippen molar-refractivity contribution in [1.82, 2.24) is 20.4 Å². The first-order chi connectivity index (χ1) is 10.3. The van der Waals surface area contributed by atoms with Gasteiger partial charge < -0.3 is 10.2 Å². The molecule has 22 heavy (non-hydrogen) atoms. The summed E-state index contributed by atoms with van der Waals surface area (Å²) in [6, 6.07) is 4.03. The number of rotatable bonds is 5. The van der Waals surface area contributed by atoms with Crippen molar-refractivity contribution in [3.8, 4) is 0 Å². The number of hydrogen-bond donors (Lipinski definition) is 2. The lowest BCUT2D eigenvalue weighted by Gasteiger charge is -2.21. The summed E-state index contributed by atoms with van der Waals surface area (Å²) in [4.78, 5) is 15.7. The third kappa shape index (κ3) is 3.40. The van der Waals surface area contributed by atoms with Crippen molar-refractivity contribution in [2.45, 2.75) is 19.5 Å². The maximum absolute atomic E-state index is 12.8. The summed E-state index contributed by atoms with van der Waals surface area (Å²) >= 11 is 1.65. The van der Waals surface area contributed by atoms with Crippen molar-refractivity contribution >= 4 is 29.7 Å². The molecule has 0 saturated heterocycles. The first-order valence-electron chi connectivity index (χ1n) is 6.99. The highest BCUT2D eigenvalue weighted by molar-refractivity contribution is 7.09. The molecule has 1 aliphatic rings. The Morgan fingerprint density at radius 1 is 1.55 bits per heavy atom. The summed E-state index contributed by atoms with van der Waals surface area (Å²) in [7, 11) is 0. The molecule has 2 aromatic rings. The van der Waals surface area contributed by atoms with Gasteiger partial charge in [-0.05, 0) is 11.4 Å². The largest absolute Gasteiger partial charge is 0.328 e. The average Bonchev–Trinajstić information content (AvgIpc) is 3.15. The van der Waals surface area contributed by atoms with Crippen molar-refractivity contribution < 1.29 is 4.79 Å². The van der Waals surface area contributed by atoms with Gasteiger partial charge in [0.05, 0.1) is 6.54 Å². The first kappa shape index (κ1) is 16.7. The molecular formula is C15H19ClN4OS. The Hall–Kier alpha value is -1.63. The molecule has 3 heterocycles. The van der Waals surface area contributed by atoms with Crippen molar-refractivity contribution in [1.29, 1.82) is 0 Å². The average molecular weight is 339 g/mol. The summed E-state index contributed by atoms with van der Waals surface area (Å²) in [5, 5.41) is 12.6. The number of carbonyl (C=O) groups is 1. The number of aromatic nitrogens is 2. The van der Waals surface area contributed by atoms with Crippen LogP contribution in [0.5, 0.6) is 0 Å². The highest BCUT2D eigenvalue weighted by Crippen LogP contribution is 2.19. The lowest BCUT2D eigenvalue weighted by atomic mass is 10.1. The van der Waals surface area contributed by atoms with Gasteiger partial charge in [-0.1, -0.05) is 12.1 Å². The summed E-state index contributed by atoms with van der Waals surface area (Å²) in [6.45, 7) is 6.49. The Morgan fingerprint density at radius 2 is 2.41 bits per heavy atom. The van der Waals surface area contributed by atoms with Gasteiger partial charge in [0.15, 0.2) is 5.69 Å². The maximum atomic E-state index is 12.8. The van der Waals surface area contributed by atoms with Crippen LogP contribution in [0.4, 0.5) is 0 Å². The number of nitrogens with one attached hydrogen (secondary N) is 2. The third-order valence-corrected chi connectivity index (χ3v) is 4.43. The smallest absolute Gasteiger partial charge is 0.275 e. The summed E-state index contributed by atoms with van der Waals surface area (Å²) in [5.41, 5.74) is 2.62. The predicted octanol–water partition coefficient (Wildman–Crippen LogP) is 2.37. The molecule has 2 N–H and O–H groups in total. The van der Waals surface area contributed by atoms with Crippen molar-refractivity contribution in [2.75, 3.05) is 13.1 Å². The molecule has 0 unspecified atom stereocenters. The van der Waals surface area contributed by atoms with Gasteiger partial charge in [0.2, 0.25) is 0 Å². The Labute approximate surface area is 139 Å². The predicted molar refractivity (Wildman–Crippen MR) is 90.5 cm³/mol. The number of amides is 1. The number of H-pyrrole nitrogens is 1. The van der Waals surface area contributed by atoms with Crippen LogP contribution in [0, 0.1) is 0 Å². The van der Waals surface area contributed by atoms with E-state index in [9.17, 15) is 4.79 Å². The Kier molecular flexibility index (Phi) is 5.76. The van der Waals surface area contributed by atoms with Gasteiger partial charge in [0.1, 0.15) is 0 Å². The topological polar surface area (TPSA) is 61.0 Å². The van der Waals surface area contributed by atoms with Crippen LogP contribution < -0.4 is 5.32 Å². The van der Waals surface area contributed by atoms with Crippen LogP contribution in [0.3, 0.4) is 0 Å². The molecule has 5 nitrogen and oxygen atoms in total. The molecule has 0 aromatic carbocycles. The number of thiophene rings is 1. The minimum Gasteiger partial charge on any atom is -0.328 e. The van der Waals surface area contributed by atoms with Gasteiger partial charge in [-0.25, -0.2) is 0 Å². The molecular weight excluding hydrogens is 320 g/mol. The van der Waals surface area contributed by atoms with Crippen molar-refractivity contribution in [3.05, 3.63) is 52.0 Å². The highest BCUT2D eigenvalue weighted by atomic mass is 35.5. The van der Waals surface area contributed by atoms with Gasteiger partial charge in [-0.3, -0.25) is 9.89 Å². The summed E-state index contributed by atoms with van der Waals surface area (Å²) < 4.78 is 0. The molecule has 0 aliphatic carbocycles. The second kappa shape index (κ2) is 7.58. The van der Waals surface area contributed by atoms with Gasteiger partial charge >= 0.3 is 0 Å². The fourth-order valence-electron chi connectivity index (χ4n) is 2.52. The highest BCUT2D eigenvalue weighted by Gasteiger charge is 2.25. The van der Waals surface area contributed by atoms with E-state index in [0.717, 1.165) is 29.1 Å². The van der Waals surface area contributed by atoms with Gasteiger partial charge in [0, 0.05) is 42.2 Å². The number of halogens is 1. The van der Waals surface area contributed by atoms with Crippen LogP contribution >= 0.6 is 23.7 Å². The van der Waals surface area contributed by atoms with E-state index in [2.05, 4.69) is 22.1 Å². The molecule has 2 aromatic heterocycles. The number of fused-ring (bicyclic) bond motifs is 1. The molecule has 0 fully saturated rings. The van der Waals surface area contributed by atoms with E-state index in [4.69, 9.17) is 0 Å². The van der Waals surface area contributed by atoms with E-state index in [1.807, 2.05) is 17.5 Å². The molecule has 0 saturated carbocycles. The van der Waals surface area contributed by atoms with Gasteiger partial charge in [0.25, 0.3) is 5.91 Å². The second-order valence-electron chi connectivity index (χ2n) is 5.01. The minimum absolute atomic E-state index is 0. The number of carbonyl (C=O) groups excluding carboxylic acids is 1. The van der Waals surface area contributed by atoms with E-state index in [-0.39, 0.29) is 18.3 Å². The zero-order valence-corrected chi connectivity index (χ0v) is 13.8. The van der Waals surface area contributed by atoms with Crippen LogP contribution in [0.2, 0.25) is 0 Å². The van der Waals surface area contributed by atoms with Crippen LogP contribution in [0.15, 0.2) is 30.2 Å². The zero-order chi connectivity index (χ0) is 14.7. The quantitative estimate of drug-likeness (QED) is 0.823. The molecule has 1 amide bonds. The zero-order valence-electron chi connectivity index (χ0n) is 12.2. The molecule has 0 bridgehead atoms. The SMILES string of the molecule is C=CCN(Cc1cccs1)C(=O)c1n[nH]c2c1CNCC2.Cl. The molecule has 3 rings (SSSR count). The van der Waals surface area contributed by atoms with Crippen LogP contribution in [-0.4, -0.2) is 34.1 Å². The number of aromatic amines is 1. The molecule has 0 atom stereocenters. The Bertz CT molecular complexity index is 638. The van der Waals surface area contributed by atoms with Gasteiger partial charge in [-0.2, -0.15) is 5.10 Å². The molecule has 1 aliphatic heterocycles. The molecule has 0 radical (unpaired) electrons. The van der Waals surface area contributed by atoms with Gasteiger partial charge in [-0.15, -0.1) is 30.3 Å². The monoisotopic (exact) mass is 338 g/mol. The molecule has 0 spiro atoms. The fourth-order valence-corrected chi connectivity index (χ4v) is 3.24. The summed E-state index contributed by atoms with van der Waals surface area (Å²) in [5.74, 6) is -0.0375. The Morgan fingerprint density at radius 3 is 3.14 bits per heavy atom. The van der Waals surface area contributed by atoms with E-state index in [0.29, 0.717) is 25.3 Å². The second-order valence-corrected chi connectivity index (χ2v) is 6.04. The summed E-state index contributed by atoms with van der Waals surface area (Å²) in [6.07, 6.45) is 2.64. The first-order valence-corrected chi connectivity index (χ1v) is 7.87. The van der Waals surface area contributed by atoms with E-state index >= 15 is 0 Å². The minimum atomic E-state index is -0.0375.